The van der Waals surface area contributed by atoms with Gasteiger partial charge >= 0.3 is 6.03 Å². The summed E-state index contributed by atoms with van der Waals surface area (Å²) in [4.78, 5) is 24.3. The number of urea groups is 1. The van der Waals surface area contributed by atoms with Crippen LogP contribution in [0.4, 0.5) is 4.79 Å². The summed E-state index contributed by atoms with van der Waals surface area (Å²) in [6, 6.07) is 2.68. The van der Waals surface area contributed by atoms with Crippen LogP contribution >= 0.6 is 11.8 Å². The van der Waals surface area contributed by atoms with Gasteiger partial charge in [0.25, 0.3) is 0 Å². The van der Waals surface area contributed by atoms with Crippen molar-refractivity contribution in [2.75, 3.05) is 13.4 Å². The number of hydrogen-bond donors (Lipinski definition) is 2. The first kappa shape index (κ1) is 17.0. The molecule has 0 saturated carbocycles. The van der Waals surface area contributed by atoms with Crippen LogP contribution in [-0.2, 0) is 0 Å². The Morgan fingerprint density at radius 1 is 1.40 bits per heavy atom. The number of nitrogens with one attached hydrogen (secondary N) is 1. The number of ether oxygens (including phenoxy) is 1. The molecule has 10 heteroatoms. The number of thioether (sulfide) groups is 1. The van der Waals surface area contributed by atoms with Gasteiger partial charge in [0.15, 0.2) is 10.8 Å². The highest BCUT2D eigenvalue weighted by Crippen LogP contribution is 2.31. The molecule has 2 amide bonds. The van der Waals surface area contributed by atoms with Gasteiger partial charge in [-0.05, 0) is 19.2 Å². The molecule has 0 aromatic carbocycles. The molecule has 0 aliphatic carbocycles. The van der Waals surface area contributed by atoms with E-state index in [9.17, 15) is 4.79 Å². The van der Waals surface area contributed by atoms with Gasteiger partial charge in [0.1, 0.15) is 12.1 Å². The van der Waals surface area contributed by atoms with Crippen LogP contribution in [0.3, 0.4) is 0 Å². The summed E-state index contributed by atoms with van der Waals surface area (Å²) in [5.41, 5.74) is 7.93. The van der Waals surface area contributed by atoms with Crippen molar-refractivity contribution in [3.8, 4) is 17.0 Å². The number of hydrogen-bond acceptors (Lipinski definition) is 7. The molecule has 0 aliphatic rings. The quantitative estimate of drug-likeness (QED) is 0.525. The van der Waals surface area contributed by atoms with E-state index in [1.54, 1.807) is 24.7 Å². The van der Waals surface area contributed by atoms with Gasteiger partial charge in [-0.3, -0.25) is 4.98 Å². The maximum Gasteiger partial charge on any atom is 0.312 e. The predicted octanol–water partition coefficient (Wildman–Crippen LogP) is 1.65. The van der Waals surface area contributed by atoms with Gasteiger partial charge in [0.05, 0.1) is 30.7 Å². The molecule has 9 nitrogen and oxygen atoms in total. The number of pyridine rings is 1. The molecule has 25 heavy (non-hydrogen) atoms. The van der Waals surface area contributed by atoms with Crippen molar-refractivity contribution in [3.05, 3.63) is 30.4 Å². The van der Waals surface area contributed by atoms with Gasteiger partial charge in [-0.15, -0.1) is 0 Å². The average Bonchev–Trinajstić information content (AvgIpc) is 3.08. The molecule has 0 saturated heterocycles. The summed E-state index contributed by atoms with van der Waals surface area (Å²) >= 11 is 1.46. The van der Waals surface area contributed by atoms with E-state index in [2.05, 4.69) is 25.4 Å². The maximum absolute atomic E-state index is 11.1. The Labute approximate surface area is 148 Å². The number of rotatable bonds is 5. The number of carbonyl (C=O) groups excluding carboxylic acids is 1. The molecule has 3 heterocycles. The second-order valence-electron chi connectivity index (χ2n) is 5.20. The molecule has 3 aromatic heterocycles. The van der Waals surface area contributed by atoms with Crippen LogP contribution in [0.2, 0.25) is 0 Å². The summed E-state index contributed by atoms with van der Waals surface area (Å²) in [7, 11) is 1.57. The Hall–Kier alpha value is -2.88. The summed E-state index contributed by atoms with van der Waals surface area (Å²) in [5.74, 6) is 0.568. The fourth-order valence-corrected chi connectivity index (χ4v) is 2.92. The number of methoxy groups -OCH3 is 1. The zero-order chi connectivity index (χ0) is 18.0. The smallest absolute Gasteiger partial charge is 0.312 e. The second kappa shape index (κ2) is 6.93. The van der Waals surface area contributed by atoms with Gasteiger partial charge in [-0.1, -0.05) is 11.8 Å². The van der Waals surface area contributed by atoms with Gasteiger partial charge < -0.3 is 15.8 Å². The Morgan fingerprint density at radius 2 is 2.20 bits per heavy atom. The Kier molecular flexibility index (Phi) is 4.70. The zero-order valence-corrected chi connectivity index (χ0v) is 14.7. The first-order chi connectivity index (χ1) is 12.0. The Morgan fingerprint density at radius 3 is 2.88 bits per heavy atom. The summed E-state index contributed by atoms with van der Waals surface area (Å²) < 4.78 is 7.09. The van der Waals surface area contributed by atoms with E-state index >= 15 is 0 Å². The molecular formula is C15H17N7O2S. The molecule has 0 aliphatic heterocycles. The number of nitrogens with zero attached hydrogens (tertiary/aromatic N) is 5. The number of amides is 2. The zero-order valence-electron chi connectivity index (χ0n) is 13.9. The molecule has 0 fully saturated rings. The van der Waals surface area contributed by atoms with Crippen molar-refractivity contribution in [2.45, 2.75) is 18.1 Å². The number of primary amides is 1. The van der Waals surface area contributed by atoms with Crippen LogP contribution in [0, 0.1) is 0 Å². The fraction of sp³-hybridized carbons (Fsp3) is 0.267. The van der Waals surface area contributed by atoms with E-state index in [0.29, 0.717) is 27.9 Å². The van der Waals surface area contributed by atoms with E-state index in [4.69, 9.17) is 10.5 Å². The molecule has 3 N–H and O–H groups in total. The van der Waals surface area contributed by atoms with E-state index < -0.39 is 6.03 Å². The van der Waals surface area contributed by atoms with Crippen molar-refractivity contribution in [3.63, 3.8) is 0 Å². The molecule has 3 rings (SSSR count). The Balaban J connectivity index is 2.13. The lowest BCUT2D eigenvalue weighted by Gasteiger charge is -2.15. The van der Waals surface area contributed by atoms with Crippen LogP contribution in [0.15, 0.2) is 29.8 Å². The Bertz CT molecular complexity index is 927. The highest BCUT2D eigenvalue weighted by Gasteiger charge is 2.16. The van der Waals surface area contributed by atoms with Crippen molar-refractivity contribution < 1.29 is 9.53 Å². The molecule has 0 radical (unpaired) electrons. The molecule has 0 bridgehead atoms. The average molecular weight is 359 g/mol. The first-order valence-electron chi connectivity index (χ1n) is 7.38. The summed E-state index contributed by atoms with van der Waals surface area (Å²) in [6.45, 7) is 1.80. The number of aromatic nitrogens is 5. The predicted molar refractivity (Wildman–Crippen MR) is 93.5 cm³/mol. The third kappa shape index (κ3) is 3.33. The fourth-order valence-electron chi connectivity index (χ4n) is 2.42. The van der Waals surface area contributed by atoms with Crippen LogP contribution in [-0.4, -0.2) is 44.0 Å². The minimum absolute atomic E-state index is 0.348. The van der Waals surface area contributed by atoms with Crippen LogP contribution in [0.1, 0.15) is 18.7 Å². The van der Waals surface area contributed by atoms with Gasteiger partial charge in [0.2, 0.25) is 0 Å². The number of carbonyl (C=O) groups is 1. The van der Waals surface area contributed by atoms with Gasteiger partial charge in [0, 0.05) is 11.6 Å². The lowest BCUT2D eigenvalue weighted by molar-refractivity contribution is 0.246. The molecule has 130 valence electrons. The maximum atomic E-state index is 11.1. The van der Waals surface area contributed by atoms with Crippen LogP contribution in [0.5, 0.6) is 5.75 Å². The SMILES string of the molecule is COc1cnc([C@@H](C)NC(N)=O)cc1-c1cc2ncnn2c(SC)n1. The van der Waals surface area contributed by atoms with Crippen LogP contribution in [0.25, 0.3) is 16.9 Å². The van der Waals surface area contributed by atoms with E-state index in [1.165, 1.54) is 18.1 Å². The molecule has 3 aromatic rings. The van der Waals surface area contributed by atoms with E-state index in [1.807, 2.05) is 18.4 Å². The second-order valence-corrected chi connectivity index (χ2v) is 5.97. The summed E-state index contributed by atoms with van der Waals surface area (Å²) in [6.07, 6.45) is 4.99. The van der Waals surface area contributed by atoms with Crippen molar-refractivity contribution in [1.29, 1.82) is 0 Å². The largest absolute Gasteiger partial charge is 0.494 e. The topological polar surface area (TPSA) is 120 Å². The summed E-state index contributed by atoms with van der Waals surface area (Å²) in [5, 5.41) is 7.47. The minimum Gasteiger partial charge on any atom is -0.494 e. The lowest BCUT2D eigenvalue weighted by Crippen LogP contribution is -2.32. The van der Waals surface area contributed by atoms with Crippen molar-refractivity contribution >= 4 is 23.4 Å². The van der Waals surface area contributed by atoms with E-state index in [-0.39, 0.29) is 6.04 Å². The first-order valence-corrected chi connectivity index (χ1v) is 8.61. The van der Waals surface area contributed by atoms with Gasteiger partial charge in [-0.25, -0.2) is 14.8 Å². The van der Waals surface area contributed by atoms with Crippen molar-refractivity contribution in [1.82, 2.24) is 29.9 Å². The molecule has 0 unspecified atom stereocenters. The number of fused-ring (bicyclic) bond motifs is 1. The van der Waals surface area contributed by atoms with E-state index in [0.717, 1.165) is 5.56 Å². The highest BCUT2D eigenvalue weighted by atomic mass is 32.2. The van der Waals surface area contributed by atoms with Crippen LogP contribution < -0.4 is 15.8 Å². The van der Waals surface area contributed by atoms with Gasteiger partial charge in [-0.2, -0.15) is 9.61 Å². The lowest BCUT2D eigenvalue weighted by atomic mass is 10.1. The standard InChI is InChI=1S/C15H17N7O2S/c1-8(20-14(16)23)10-4-9(12(24-2)6-17-10)11-5-13-18-7-19-22(13)15(21-11)25-3/h4-8H,1-3H3,(H3,16,20,23)/t8-/m1/s1. The highest BCUT2D eigenvalue weighted by molar-refractivity contribution is 7.98. The monoisotopic (exact) mass is 359 g/mol. The third-order valence-electron chi connectivity index (χ3n) is 3.61. The molecular weight excluding hydrogens is 342 g/mol. The minimum atomic E-state index is -0.612. The molecule has 0 spiro atoms. The number of nitrogens with two attached hydrogens (primary N) is 1. The molecule has 1 atom stereocenters. The third-order valence-corrected chi connectivity index (χ3v) is 4.24. The normalized spacial score (nSPS) is 12.1. The van der Waals surface area contributed by atoms with Crippen molar-refractivity contribution in [2.24, 2.45) is 5.73 Å².